The van der Waals surface area contributed by atoms with Crippen LogP contribution in [0.25, 0.3) is 0 Å². The summed E-state index contributed by atoms with van der Waals surface area (Å²) in [5.74, 6) is 0. The third-order valence-electron chi connectivity index (χ3n) is 2.81. The molecule has 15 heavy (non-hydrogen) atoms. The Morgan fingerprint density at radius 3 is 2.13 bits per heavy atom. The van der Waals surface area contributed by atoms with Crippen LogP contribution < -0.4 is 15.2 Å². The van der Waals surface area contributed by atoms with Gasteiger partial charge in [0.15, 0.2) is 0 Å². The molecule has 4 heteroatoms. The second-order valence-electron chi connectivity index (χ2n) is 5.91. The van der Waals surface area contributed by atoms with Gasteiger partial charge in [-0.3, -0.25) is 0 Å². The van der Waals surface area contributed by atoms with Crippen LogP contribution in [0.15, 0.2) is 18.2 Å². The van der Waals surface area contributed by atoms with Gasteiger partial charge < -0.3 is 9.96 Å². The van der Waals surface area contributed by atoms with E-state index < -0.39 is 16.5 Å². The van der Waals surface area contributed by atoms with E-state index in [1.165, 1.54) is 11.4 Å². The van der Waals surface area contributed by atoms with Crippen LogP contribution in [-0.2, 0) is 0 Å². The molecular formula is C11H20N2Si2. The molecule has 0 saturated heterocycles. The van der Waals surface area contributed by atoms with Crippen molar-refractivity contribution in [3.05, 3.63) is 18.2 Å². The largest absolute Gasteiger partial charge is 0.352 e. The monoisotopic (exact) mass is 236 g/mol. The molecule has 82 valence electrons. The Hall–Kier alpha value is -0.586. The molecule has 1 aromatic rings. The minimum absolute atomic E-state index is 1.22. The summed E-state index contributed by atoms with van der Waals surface area (Å²) in [5, 5.41) is 7.84. The van der Waals surface area contributed by atoms with Crippen LogP contribution in [-0.4, -0.2) is 16.5 Å². The molecule has 0 fully saturated rings. The Kier molecular flexibility index (Phi) is 2.16. The molecule has 0 bridgehead atoms. The van der Waals surface area contributed by atoms with Crippen molar-refractivity contribution in [2.75, 3.05) is 4.57 Å². The number of para-hydroxylation sites is 1. The zero-order valence-electron chi connectivity index (χ0n) is 10.3. The van der Waals surface area contributed by atoms with Crippen molar-refractivity contribution < 1.29 is 0 Å². The first kappa shape index (κ1) is 10.9. The maximum Gasteiger partial charge on any atom is 0.228 e. The van der Waals surface area contributed by atoms with Crippen LogP contribution in [0, 0.1) is 0 Å². The van der Waals surface area contributed by atoms with Crippen molar-refractivity contribution >= 4 is 33.0 Å². The van der Waals surface area contributed by atoms with Crippen molar-refractivity contribution in [1.82, 2.24) is 0 Å². The van der Waals surface area contributed by atoms with E-state index in [1.807, 2.05) is 0 Å². The molecule has 1 heterocycles. The molecule has 0 amide bonds. The molecular weight excluding hydrogens is 216 g/mol. The van der Waals surface area contributed by atoms with Gasteiger partial charge in [0.2, 0.25) is 8.40 Å². The molecule has 2 N–H and O–H groups in total. The number of rotatable bonds is 2. The van der Waals surface area contributed by atoms with Gasteiger partial charge in [-0.2, -0.15) is 0 Å². The Morgan fingerprint density at radius 2 is 1.67 bits per heavy atom. The van der Waals surface area contributed by atoms with Crippen LogP contribution in [0.4, 0.5) is 11.4 Å². The highest BCUT2D eigenvalue weighted by atomic mass is 28.3. The lowest BCUT2D eigenvalue weighted by Gasteiger charge is -2.21. The first-order chi connectivity index (χ1) is 6.73. The van der Waals surface area contributed by atoms with Gasteiger partial charge in [0.05, 0.1) is 19.4 Å². The van der Waals surface area contributed by atoms with Gasteiger partial charge in [-0.1, -0.05) is 31.8 Å². The van der Waals surface area contributed by atoms with E-state index in [-0.39, 0.29) is 0 Å². The van der Waals surface area contributed by atoms with E-state index in [0.717, 1.165) is 0 Å². The van der Waals surface area contributed by atoms with Crippen molar-refractivity contribution in [1.29, 1.82) is 0 Å². The molecule has 0 radical (unpaired) electrons. The molecule has 1 aromatic carbocycles. The van der Waals surface area contributed by atoms with E-state index >= 15 is 0 Å². The number of hydrogen-bond acceptors (Lipinski definition) is 2. The number of fused-ring (bicyclic) bond motifs is 1. The predicted molar refractivity (Wildman–Crippen MR) is 73.2 cm³/mol. The number of nitrogens with zero attached hydrogens (tertiary/aromatic N) is 1. The summed E-state index contributed by atoms with van der Waals surface area (Å²) in [7, 11) is -2.90. The lowest BCUT2D eigenvalue weighted by molar-refractivity contribution is 1.46. The van der Waals surface area contributed by atoms with Crippen LogP contribution in [0.1, 0.15) is 0 Å². The number of benzene rings is 1. The van der Waals surface area contributed by atoms with Gasteiger partial charge in [-0.25, -0.2) is 0 Å². The highest BCUT2D eigenvalue weighted by molar-refractivity contribution is 6.92. The standard InChI is InChI=1S/C11H20N2Si2/c1-14(2,3)10-8-6-7-9-11(10)13(9)15(4,5)12/h6-8H,12H2,1-5H3. The van der Waals surface area contributed by atoms with Crippen molar-refractivity contribution in [2.45, 2.75) is 32.7 Å². The summed E-state index contributed by atoms with van der Waals surface area (Å²) < 4.78 is 2.39. The van der Waals surface area contributed by atoms with Crippen LogP contribution in [0.5, 0.6) is 0 Å². The van der Waals surface area contributed by atoms with E-state index in [4.69, 9.17) is 5.40 Å². The van der Waals surface area contributed by atoms with Gasteiger partial charge in [0.1, 0.15) is 0 Å². The number of hydrogen-bond donors (Lipinski definition) is 1. The third-order valence-corrected chi connectivity index (χ3v) is 6.45. The maximum atomic E-state index is 6.28. The first-order valence-electron chi connectivity index (χ1n) is 5.45. The zero-order chi connectivity index (χ0) is 11.4. The Labute approximate surface area is 94.3 Å². The fraction of sp³-hybridized carbons (Fsp3) is 0.455. The fourth-order valence-electron chi connectivity index (χ4n) is 2.11. The molecule has 0 aliphatic carbocycles. The average Bonchev–Trinajstić information content (AvgIpc) is 2.73. The van der Waals surface area contributed by atoms with E-state index in [2.05, 4.69) is 55.5 Å². The van der Waals surface area contributed by atoms with Crippen LogP contribution in [0.3, 0.4) is 0 Å². The quantitative estimate of drug-likeness (QED) is 0.631. The van der Waals surface area contributed by atoms with E-state index in [0.29, 0.717) is 0 Å². The molecule has 0 unspecified atom stereocenters. The van der Waals surface area contributed by atoms with Crippen molar-refractivity contribution in [3.8, 4) is 0 Å². The zero-order valence-corrected chi connectivity index (χ0v) is 12.3. The van der Waals surface area contributed by atoms with Crippen molar-refractivity contribution in [3.63, 3.8) is 0 Å². The van der Waals surface area contributed by atoms with Gasteiger partial charge in [-0.05, 0) is 24.3 Å². The minimum atomic E-state index is -1.68. The lowest BCUT2D eigenvalue weighted by Crippen LogP contribution is -2.50. The summed E-state index contributed by atoms with van der Waals surface area (Å²) in [6.45, 7) is 11.6. The second-order valence-corrected chi connectivity index (χ2v) is 14.7. The smallest absolute Gasteiger partial charge is 0.228 e. The lowest BCUT2D eigenvalue weighted by atomic mass is 10.4. The highest BCUT2D eigenvalue weighted by Crippen LogP contribution is 2.49. The Bertz CT molecular complexity index is 402. The molecule has 1 aliphatic heterocycles. The number of nitrogens with two attached hydrogens (primary N) is 1. The summed E-state index contributed by atoms with van der Waals surface area (Å²) in [5.41, 5.74) is 2.84. The van der Waals surface area contributed by atoms with Gasteiger partial charge >= 0.3 is 0 Å². The van der Waals surface area contributed by atoms with E-state index in [9.17, 15) is 0 Å². The summed E-state index contributed by atoms with van der Waals surface area (Å²) in [4.78, 5) is 0. The summed E-state index contributed by atoms with van der Waals surface area (Å²) >= 11 is 0. The fourth-order valence-corrected chi connectivity index (χ4v) is 5.33. The van der Waals surface area contributed by atoms with E-state index in [1.54, 1.807) is 5.19 Å². The molecule has 0 aromatic heterocycles. The molecule has 0 spiro atoms. The van der Waals surface area contributed by atoms with Crippen LogP contribution in [0.2, 0.25) is 32.7 Å². The molecule has 2 nitrogen and oxygen atoms in total. The van der Waals surface area contributed by atoms with Gasteiger partial charge in [0, 0.05) is 0 Å². The Morgan fingerprint density at radius 1 is 1.07 bits per heavy atom. The topological polar surface area (TPSA) is 29.0 Å². The second kappa shape index (κ2) is 2.96. The molecule has 1 aliphatic rings. The number of anilines is 2. The average molecular weight is 236 g/mol. The summed E-state index contributed by atoms with van der Waals surface area (Å²) in [6, 6.07) is 6.65. The summed E-state index contributed by atoms with van der Waals surface area (Å²) in [6.07, 6.45) is 0. The molecule has 2 rings (SSSR count). The third kappa shape index (κ3) is 1.77. The predicted octanol–water partition coefficient (Wildman–Crippen LogP) is 2.34. The molecule has 0 saturated carbocycles. The minimum Gasteiger partial charge on any atom is -0.352 e. The van der Waals surface area contributed by atoms with Gasteiger partial charge in [-0.15, -0.1) is 0 Å². The maximum absolute atomic E-state index is 6.28. The Balaban J connectivity index is 2.44. The molecule has 0 atom stereocenters. The van der Waals surface area contributed by atoms with Gasteiger partial charge in [0.25, 0.3) is 0 Å². The van der Waals surface area contributed by atoms with Crippen LogP contribution >= 0.6 is 0 Å². The SMILES string of the molecule is C[Si](C)(C)c1cccc2c1N2[Si](C)(C)N. The normalized spacial score (nSPS) is 15.2. The van der Waals surface area contributed by atoms with Crippen molar-refractivity contribution in [2.24, 2.45) is 5.40 Å². The highest BCUT2D eigenvalue weighted by Gasteiger charge is 2.43. The first-order valence-corrected chi connectivity index (χ1v) is 12.0.